The molecule has 2 fully saturated rings. The van der Waals surface area contributed by atoms with Crippen LogP contribution in [0.5, 0.6) is 5.75 Å². The summed E-state index contributed by atoms with van der Waals surface area (Å²) < 4.78 is 0. The first-order valence-corrected chi connectivity index (χ1v) is 9.42. The van der Waals surface area contributed by atoms with Crippen molar-refractivity contribution in [3.05, 3.63) is 54.1 Å². The maximum atomic E-state index is 13.1. The molecule has 2 aliphatic heterocycles. The number of nitrogens with zero attached hydrogens (tertiary/aromatic N) is 2. The molecule has 0 aromatic heterocycles. The lowest BCUT2D eigenvalue weighted by molar-refractivity contribution is 0.0534. The van der Waals surface area contributed by atoms with Gasteiger partial charge < -0.3 is 14.9 Å². The fraction of sp³-hybridized carbons (Fsp3) is 0.409. The van der Waals surface area contributed by atoms with Gasteiger partial charge in [-0.3, -0.25) is 4.79 Å². The number of hydrogen-bond acceptors (Lipinski definition) is 3. The van der Waals surface area contributed by atoms with Gasteiger partial charge in [0.2, 0.25) is 0 Å². The summed E-state index contributed by atoms with van der Waals surface area (Å²) in [5.41, 5.74) is 3.05. The van der Waals surface area contributed by atoms with Crippen molar-refractivity contribution in [1.82, 2.24) is 9.80 Å². The van der Waals surface area contributed by atoms with Gasteiger partial charge in [0.15, 0.2) is 0 Å². The van der Waals surface area contributed by atoms with Gasteiger partial charge in [0.25, 0.3) is 5.91 Å². The smallest absolute Gasteiger partial charge is 0.253 e. The van der Waals surface area contributed by atoms with Crippen LogP contribution in [0, 0.1) is 5.41 Å². The van der Waals surface area contributed by atoms with Crippen molar-refractivity contribution in [2.24, 2.45) is 5.41 Å². The number of phenols is 1. The number of rotatable bonds is 2. The monoisotopic (exact) mass is 350 g/mol. The minimum absolute atomic E-state index is 0.138. The summed E-state index contributed by atoms with van der Waals surface area (Å²) in [5.74, 6) is 0.389. The van der Waals surface area contributed by atoms with Gasteiger partial charge in [0, 0.05) is 30.6 Å². The van der Waals surface area contributed by atoms with Gasteiger partial charge in [-0.25, -0.2) is 0 Å². The normalized spacial score (nSPS) is 23.5. The molecule has 0 saturated carbocycles. The molecule has 1 atom stereocenters. The van der Waals surface area contributed by atoms with Crippen molar-refractivity contribution < 1.29 is 9.90 Å². The van der Waals surface area contributed by atoms with Crippen LogP contribution in [0.4, 0.5) is 0 Å². The first-order chi connectivity index (χ1) is 12.5. The Bertz CT molecular complexity index is 798. The Kier molecular flexibility index (Phi) is 4.45. The van der Waals surface area contributed by atoms with Gasteiger partial charge in [-0.05, 0) is 68.2 Å². The molecule has 2 heterocycles. The maximum Gasteiger partial charge on any atom is 0.253 e. The van der Waals surface area contributed by atoms with Crippen LogP contribution >= 0.6 is 0 Å². The fourth-order valence-electron chi connectivity index (χ4n) is 4.54. The zero-order valence-corrected chi connectivity index (χ0v) is 15.3. The second kappa shape index (κ2) is 6.76. The second-order valence-electron chi connectivity index (χ2n) is 7.95. The summed E-state index contributed by atoms with van der Waals surface area (Å²) in [4.78, 5) is 17.6. The molecule has 2 saturated heterocycles. The number of amides is 1. The minimum atomic E-state index is 0.138. The molecule has 0 radical (unpaired) electrons. The summed E-state index contributed by atoms with van der Waals surface area (Å²) in [6.07, 6.45) is 3.52. The fourth-order valence-corrected chi connectivity index (χ4v) is 4.54. The number of benzene rings is 2. The molecule has 136 valence electrons. The third kappa shape index (κ3) is 3.34. The van der Waals surface area contributed by atoms with E-state index >= 15 is 0 Å². The number of carbonyl (C=O) groups is 1. The number of likely N-dealkylation sites (tertiary alicyclic amines) is 2. The van der Waals surface area contributed by atoms with Crippen LogP contribution in [0.3, 0.4) is 0 Å². The van der Waals surface area contributed by atoms with Gasteiger partial charge in [0.05, 0.1) is 0 Å². The Labute approximate surface area is 155 Å². The van der Waals surface area contributed by atoms with Crippen molar-refractivity contribution in [1.29, 1.82) is 0 Å². The highest BCUT2D eigenvalue weighted by Gasteiger charge is 2.41. The summed E-state index contributed by atoms with van der Waals surface area (Å²) in [7, 11) is 2.18. The van der Waals surface area contributed by atoms with E-state index in [2.05, 4.69) is 16.8 Å². The number of hydrogen-bond donors (Lipinski definition) is 1. The standard InChI is InChI=1S/C22H26N2O2/c1-23-13-11-22(15-23)10-3-12-24(16-22)21(26)19-5-2-4-18(14-19)17-6-8-20(25)9-7-17/h2,4-9,14,25H,3,10-13,15-16H2,1H3/t22-/m0/s1. The SMILES string of the molecule is CN1CC[C@@]2(CCCN(C(=O)c3cccc(-c4ccc(O)cc4)c3)C2)C1. The van der Waals surface area contributed by atoms with Crippen molar-refractivity contribution in [2.45, 2.75) is 19.3 Å². The molecule has 4 nitrogen and oxygen atoms in total. The number of piperidine rings is 1. The van der Waals surface area contributed by atoms with Crippen molar-refractivity contribution in [2.75, 3.05) is 33.2 Å². The summed E-state index contributed by atoms with van der Waals surface area (Å²) >= 11 is 0. The molecular weight excluding hydrogens is 324 g/mol. The van der Waals surface area contributed by atoms with E-state index < -0.39 is 0 Å². The van der Waals surface area contributed by atoms with Gasteiger partial charge in [-0.2, -0.15) is 0 Å². The van der Waals surface area contributed by atoms with Gasteiger partial charge in [-0.1, -0.05) is 24.3 Å². The Morgan fingerprint density at radius 3 is 2.54 bits per heavy atom. The van der Waals surface area contributed by atoms with Gasteiger partial charge >= 0.3 is 0 Å². The van der Waals surface area contributed by atoms with Crippen LogP contribution in [0.25, 0.3) is 11.1 Å². The summed E-state index contributed by atoms with van der Waals surface area (Å²) in [6.45, 7) is 3.97. The van der Waals surface area contributed by atoms with E-state index in [4.69, 9.17) is 0 Å². The van der Waals surface area contributed by atoms with Crippen molar-refractivity contribution >= 4 is 5.91 Å². The predicted molar refractivity (Wildman–Crippen MR) is 103 cm³/mol. The molecule has 2 aliphatic rings. The molecule has 2 aromatic carbocycles. The quantitative estimate of drug-likeness (QED) is 0.900. The van der Waals surface area contributed by atoms with E-state index in [1.807, 2.05) is 36.4 Å². The molecule has 1 spiro atoms. The number of phenolic OH excluding ortho intramolecular Hbond substituents is 1. The highest BCUT2D eigenvalue weighted by Crippen LogP contribution is 2.38. The van der Waals surface area contributed by atoms with Crippen molar-refractivity contribution in [3.63, 3.8) is 0 Å². The maximum absolute atomic E-state index is 13.1. The average molecular weight is 350 g/mol. The van der Waals surface area contributed by atoms with E-state index in [1.54, 1.807) is 12.1 Å². The number of carbonyl (C=O) groups excluding carboxylic acids is 1. The van der Waals surface area contributed by atoms with Crippen LogP contribution in [0.1, 0.15) is 29.6 Å². The third-order valence-electron chi connectivity index (χ3n) is 5.89. The second-order valence-corrected chi connectivity index (χ2v) is 7.95. The molecule has 2 aromatic rings. The minimum Gasteiger partial charge on any atom is -0.508 e. The molecule has 0 bridgehead atoms. The van der Waals surface area contributed by atoms with E-state index in [1.165, 1.54) is 12.8 Å². The van der Waals surface area contributed by atoms with Gasteiger partial charge in [-0.15, -0.1) is 0 Å². The molecule has 0 aliphatic carbocycles. The van der Waals surface area contributed by atoms with Gasteiger partial charge in [0.1, 0.15) is 5.75 Å². The Hall–Kier alpha value is -2.33. The topological polar surface area (TPSA) is 43.8 Å². The van der Waals surface area contributed by atoms with Crippen LogP contribution in [0.2, 0.25) is 0 Å². The lowest BCUT2D eigenvalue weighted by Crippen LogP contribution is -2.47. The van der Waals surface area contributed by atoms with Crippen LogP contribution in [0.15, 0.2) is 48.5 Å². The van der Waals surface area contributed by atoms with Crippen LogP contribution in [-0.2, 0) is 0 Å². The predicted octanol–water partition coefficient (Wildman–Crippen LogP) is 3.62. The van der Waals surface area contributed by atoms with E-state index in [9.17, 15) is 9.90 Å². The van der Waals surface area contributed by atoms with E-state index in [-0.39, 0.29) is 17.1 Å². The van der Waals surface area contributed by atoms with Crippen LogP contribution in [-0.4, -0.2) is 54.0 Å². The first kappa shape index (κ1) is 17.1. The van der Waals surface area contributed by atoms with Crippen LogP contribution < -0.4 is 0 Å². The first-order valence-electron chi connectivity index (χ1n) is 9.42. The average Bonchev–Trinajstić information content (AvgIpc) is 3.01. The summed E-state index contributed by atoms with van der Waals surface area (Å²) in [6, 6.07) is 14.9. The molecule has 1 N–H and O–H groups in total. The molecule has 4 rings (SSSR count). The molecule has 26 heavy (non-hydrogen) atoms. The zero-order valence-electron chi connectivity index (χ0n) is 15.3. The Morgan fingerprint density at radius 1 is 1.00 bits per heavy atom. The molecule has 0 unspecified atom stereocenters. The Balaban J connectivity index is 1.54. The zero-order chi connectivity index (χ0) is 18.1. The Morgan fingerprint density at radius 2 is 1.81 bits per heavy atom. The van der Waals surface area contributed by atoms with Crippen molar-refractivity contribution in [3.8, 4) is 16.9 Å². The molecular formula is C22H26N2O2. The highest BCUT2D eigenvalue weighted by molar-refractivity contribution is 5.95. The molecule has 1 amide bonds. The lowest BCUT2D eigenvalue weighted by Gasteiger charge is -2.40. The summed E-state index contributed by atoms with van der Waals surface area (Å²) in [5, 5.41) is 9.47. The largest absolute Gasteiger partial charge is 0.508 e. The third-order valence-corrected chi connectivity index (χ3v) is 5.89. The number of aromatic hydroxyl groups is 1. The highest BCUT2D eigenvalue weighted by atomic mass is 16.3. The van der Waals surface area contributed by atoms with E-state index in [0.717, 1.165) is 49.3 Å². The molecule has 4 heteroatoms. The van der Waals surface area contributed by atoms with E-state index in [0.29, 0.717) is 0 Å². The lowest BCUT2D eigenvalue weighted by atomic mass is 9.79.